The first kappa shape index (κ1) is 13.0. The Balaban J connectivity index is 1.90. The van der Waals surface area contributed by atoms with Crippen molar-refractivity contribution in [3.63, 3.8) is 0 Å². The molecule has 0 aliphatic rings. The number of aromatic nitrogens is 2. The quantitative estimate of drug-likeness (QED) is 0.783. The molecule has 0 fully saturated rings. The van der Waals surface area contributed by atoms with Gasteiger partial charge < -0.3 is 5.32 Å². The van der Waals surface area contributed by atoms with Gasteiger partial charge in [-0.3, -0.25) is 9.97 Å². The van der Waals surface area contributed by atoms with E-state index >= 15 is 0 Å². The van der Waals surface area contributed by atoms with Crippen molar-refractivity contribution in [1.29, 1.82) is 0 Å². The molecule has 3 nitrogen and oxygen atoms in total. The van der Waals surface area contributed by atoms with Crippen LogP contribution in [0.1, 0.15) is 5.56 Å². The summed E-state index contributed by atoms with van der Waals surface area (Å²) in [6.07, 6.45) is 3.43. The van der Waals surface area contributed by atoms with E-state index in [0.717, 1.165) is 21.2 Å². The minimum Gasteiger partial charge on any atom is -0.379 e. The summed E-state index contributed by atoms with van der Waals surface area (Å²) in [5.74, 6) is -0.214. The van der Waals surface area contributed by atoms with E-state index in [0.29, 0.717) is 12.1 Å². The average molecular weight is 332 g/mol. The van der Waals surface area contributed by atoms with E-state index in [1.165, 1.54) is 6.07 Å². The molecule has 1 aromatic carbocycles. The van der Waals surface area contributed by atoms with Gasteiger partial charge in [0.25, 0.3) is 0 Å². The largest absolute Gasteiger partial charge is 0.379 e. The predicted octanol–water partition coefficient (Wildman–Crippen LogP) is 4.14. The highest BCUT2D eigenvalue weighted by Gasteiger charge is 2.05. The van der Waals surface area contributed by atoms with Crippen LogP contribution in [0.5, 0.6) is 0 Å². The average Bonchev–Trinajstić information content (AvgIpc) is 2.46. The Labute approximate surface area is 124 Å². The number of benzene rings is 1. The summed E-state index contributed by atoms with van der Waals surface area (Å²) in [4.78, 5) is 8.62. The Hall–Kier alpha value is -2.01. The minimum atomic E-state index is -0.214. The Kier molecular flexibility index (Phi) is 3.60. The van der Waals surface area contributed by atoms with Crippen LogP contribution in [0.15, 0.2) is 53.3 Å². The smallest absolute Gasteiger partial charge is 0.128 e. The van der Waals surface area contributed by atoms with E-state index in [-0.39, 0.29) is 5.82 Å². The zero-order valence-electron chi connectivity index (χ0n) is 10.5. The summed E-state index contributed by atoms with van der Waals surface area (Å²) >= 11 is 3.37. The van der Waals surface area contributed by atoms with Crippen LogP contribution in [-0.4, -0.2) is 9.97 Å². The van der Waals surface area contributed by atoms with Crippen molar-refractivity contribution >= 4 is 32.7 Å². The molecule has 5 heteroatoms. The molecule has 3 aromatic rings. The fourth-order valence-electron chi connectivity index (χ4n) is 1.98. The molecule has 0 unspecified atom stereocenters. The van der Waals surface area contributed by atoms with Gasteiger partial charge in [0.2, 0.25) is 0 Å². The van der Waals surface area contributed by atoms with Gasteiger partial charge in [0.15, 0.2) is 0 Å². The fourth-order valence-corrected chi connectivity index (χ4v) is 2.30. The molecule has 0 aliphatic heterocycles. The van der Waals surface area contributed by atoms with Crippen molar-refractivity contribution < 1.29 is 4.39 Å². The lowest BCUT2D eigenvalue weighted by Crippen LogP contribution is -2.03. The van der Waals surface area contributed by atoms with Gasteiger partial charge >= 0.3 is 0 Å². The van der Waals surface area contributed by atoms with Crippen molar-refractivity contribution in [1.82, 2.24) is 9.97 Å². The molecular weight excluding hydrogens is 321 g/mol. The van der Waals surface area contributed by atoms with Gasteiger partial charge in [0, 0.05) is 29.0 Å². The summed E-state index contributed by atoms with van der Waals surface area (Å²) in [5, 5.41) is 3.21. The van der Waals surface area contributed by atoms with E-state index in [9.17, 15) is 4.39 Å². The molecule has 1 N–H and O–H groups in total. The highest BCUT2D eigenvalue weighted by molar-refractivity contribution is 9.10. The molecule has 0 atom stereocenters. The van der Waals surface area contributed by atoms with Crippen LogP contribution in [0, 0.1) is 5.82 Å². The number of nitrogens with zero attached hydrogens (tertiary/aromatic N) is 2. The number of fused-ring (bicyclic) bond motifs is 1. The Morgan fingerprint density at radius 1 is 1.15 bits per heavy atom. The van der Waals surface area contributed by atoms with Crippen LogP contribution in [0.3, 0.4) is 0 Å². The van der Waals surface area contributed by atoms with Gasteiger partial charge in [-0.2, -0.15) is 0 Å². The molecule has 20 heavy (non-hydrogen) atoms. The maximum Gasteiger partial charge on any atom is 0.128 e. The summed E-state index contributed by atoms with van der Waals surface area (Å²) in [6.45, 7) is 0.406. The van der Waals surface area contributed by atoms with E-state index in [4.69, 9.17) is 0 Å². The first-order chi connectivity index (χ1) is 9.74. The maximum atomic E-state index is 13.6. The zero-order valence-corrected chi connectivity index (χ0v) is 12.1. The molecule has 0 aliphatic carbocycles. The fraction of sp³-hybridized carbons (Fsp3) is 0.0667. The normalized spacial score (nSPS) is 10.7. The summed E-state index contributed by atoms with van der Waals surface area (Å²) in [6, 6.07) is 10.5. The molecule has 0 radical (unpaired) electrons. The van der Waals surface area contributed by atoms with Crippen LogP contribution >= 0.6 is 15.9 Å². The predicted molar refractivity (Wildman–Crippen MR) is 81.0 cm³/mol. The number of halogens is 2. The van der Waals surface area contributed by atoms with E-state index in [1.54, 1.807) is 24.5 Å². The second-order valence-electron chi connectivity index (χ2n) is 4.32. The van der Waals surface area contributed by atoms with Gasteiger partial charge in [-0.15, -0.1) is 0 Å². The lowest BCUT2D eigenvalue weighted by molar-refractivity contribution is 0.613. The number of pyridine rings is 2. The molecule has 0 bridgehead atoms. The van der Waals surface area contributed by atoms with Crippen LogP contribution in [-0.2, 0) is 6.54 Å². The van der Waals surface area contributed by atoms with Gasteiger partial charge in [-0.25, -0.2) is 4.39 Å². The molecule has 0 saturated carbocycles. The van der Waals surface area contributed by atoms with Gasteiger partial charge in [-0.05, 0) is 34.1 Å². The highest BCUT2D eigenvalue weighted by atomic mass is 79.9. The third-order valence-corrected chi connectivity index (χ3v) is 3.40. The molecular formula is C15H11BrFN3. The number of hydrogen-bond donors (Lipinski definition) is 1. The molecule has 0 saturated heterocycles. The summed E-state index contributed by atoms with van der Waals surface area (Å²) in [7, 11) is 0. The minimum absolute atomic E-state index is 0.214. The number of anilines is 1. The first-order valence-electron chi connectivity index (χ1n) is 6.11. The van der Waals surface area contributed by atoms with Crippen LogP contribution in [0.25, 0.3) is 11.0 Å². The van der Waals surface area contributed by atoms with E-state index in [1.807, 2.05) is 18.2 Å². The highest BCUT2D eigenvalue weighted by Crippen LogP contribution is 2.22. The molecule has 3 rings (SSSR count). The van der Waals surface area contributed by atoms with Crippen molar-refractivity contribution in [2.24, 2.45) is 0 Å². The lowest BCUT2D eigenvalue weighted by Gasteiger charge is -2.09. The number of nitrogens with one attached hydrogen (secondary N) is 1. The van der Waals surface area contributed by atoms with Crippen molar-refractivity contribution in [2.45, 2.75) is 6.54 Å². The van der Waals surface area contributed by atoms with Crippen molar-refractivity contribution in [2.75, 3.05) is 5.32 Å². The van der Waals surface area contributed by atoms with Crippen molar-refractivity contribution in [3.8, 4) is 0 Å². The topological polar surface area (TPSA) is 37.8 Å². The maximum absolute atomic E-state index is 13.6. The third kappa shape index (κ3) is 2.63. The van der Waals surface area contributed by atoms with Crippen LogP contribution in [0.2, 0.25) is 0 Å². The Morgan fingerprint density at radius 2 is 2.00 bits per heavy atom. The second kappa shape index (κ2) is 5.54. The zero-order chi connectivity index (χ0) is 13.9. The van der Waals surface area contributed by atoms with Crippen molar-refractivity contribution in [3.05, 3.63) is 64.6 Å². The van der Waals surface area contributed by atoms with E-state index in [2.05, 4.69) is 31.2 Å². The number of hydrogen-bond acceptors (Lipinski definition) is 3. The SMILES string of the molecule is Fc1ccccc1CNc1ccnc2cc(Br)cnc12. The third-order valence-electron chi connectivity index (χ3n) is 2.97. The molecule has 100 valence electrons. The van der Waals surface area contributed by atoms with Gasteiger partial charge in [0.05, 0.1) is 11.2 Å². The van der Waals surface area contributed by atoms with Crippen LogP contribution in [0.4, 0.5) is 10.1 Å². The second-order valence-corrected chi connectivity index (χ2v) is 5.24. The molecule has 0 spiro atoms. The first-order valence-corrected chi connectivity index (χ1v) is 6.91. The Morgan fingerprint density at radius 3 is 2.85 bits per heavy atom. The van der Waals surface area contributed by atoms with Gasteiger partial charge in [0.1, 0.15) is 11.3 Å². The lowest BCUT2D eigenvalue weighted by atomic mass is 10.2. The molecule has 2 aromatic heterocycles. The Bertz CT molecular complexity index is 761. The summed E-state index contributed by atoms with van der Waals surface area (Å²) < 4.78 is 14.5. The monoisotopic (exact) mass is 331 g/mol. The standard InChI is InChI=1S/C15H11BrFN3/c16-11-7-14-15(20-9-11)13(5-6-18-14)19-8-10-3-1-2-4-12(10)17/h1-7,9H,8H2,(H,18,19). The number of rotatable bonds is 3. The molecule has 2 heterocycles. The van der Waals surface area contributed by atoms with Crippen LogP contribution < -0.4 is 5.32 Å². The van der Waals surface area contributed by atoms with Gasteiger partial charge in [-0.1, -0.05) is 18.2 Å². The molecule has 0 amide bonds. The summed E-state index contributed by atoms with van der Waals surface area (Å²) in [5.41, 5.74) is 3.02. The van der Waals surface area contributed by atoms with E-state index < -0.39 is 0 Å².